The van der Waals surface area contributed by atoms with E-state index in [0.717, 1.165) is 16.1 Å². The predicted molar refractivity (Wildman–Crippen MR) is 84.9 cm³/mol. The fourth-order valence-corrected chi connectivity index (χ4v) is 2.77. The average Bonchev–Trinajstić information content (AvgIpc) is 2.95. The number of nitrogens with zero attached hydrogens (tertiary/aromatic N) is 2. The van der Waals surface area contributed by atoms with Crippen molar-refractivity contribution in [3.05, 3.63) is 59.9 Å². The van der Waals surface area contributed by atoms with Crippen LogP contribution in [-0.2, 0) is 5.75 Å². The summed E-state index contributed by atoms with van der Waals surface area (Å²) < 4.78 is 5.32. The van der Waals surface area contributed by atoms with Crippen LogP contribution in [0.2, 0.25) is 0 Å². The SMILES string of the molecule is Cc1cccc(-c2nc(CSc3ccccc3N)no2)c1. The Hall–Kier alpha value is -2.27. The third-order valence-corrected chi connectivity index (χ3v) is 4.09. The highest BCUT2D eigenvalue weighted by atomic mass is 32.2. The van der Waals surface area contributed by atoms with E-state index in [1.165, 1.54) is 5.56 Å². The van der Waals surface area contributed by atoms with Crippen molar-refractivity contribution in [3.63, 3.8) is 0 Å². The molecule has 0 radical (unpaired) electrons. The molecule has 21 heavy (non-hydrogen) atoms. The van der Waals surface area contributed by atoms with Gasteiger partial charge in [-0.25, -0.2) is 0 Å². The van der Waals surface area contributed by atoms with Gasteiger partial charge in [-0.05, 0) is 31.2 Å². The largest absolute Gasteiger partial charge is 0.398 e. The van der Waals surface area contributed by atoms with Crippen LogP contribution in [0.25, 0.3) is 11.5 Å². The van der Waals surface area contributed by atoms with Gasteiger partial charge in [-0.15, -0.1) is 11.8 Å². The zero-order valence-electron chi connectivity index (χ0n) is 11.6. The van der Waals surface area contributed by atoms with Gasteiger partial charge in [0.15, 0.2) is 5.82 Å². The molecule has 0 unspecified atom stereocenters. The lowest BCUT2D eigenvalue weighted by Crippen LogP contribution is -1.89. The van der Waals surface area contributed by atoms with Crippen LogP contribution in [0.1, 0.15) is 11.4 Å². The van der Waals surface area contributed by atoms with E-state index in [-0.39, 0.29) is 0 Å². The molecule has 3 aromatic rings. The molecule has 0 atom stereocenters. The smallest absolute Gasteiger partial charge is 0.257 e. The molecule has 0 aliphatic heterocycles. The lowest BCUT2D eigenvalue weighted by Gasteiger charge is -2.01. The molecule has 0 aliphatic rings. The number of rotatable bonds is 4. The number of anilines is 1. The minimum absolute atomic E-state index is 0.551. The predicted octanol–water partition coefficient (Wildman–Crippen LogP) is 3.92. The Morgan fingerprint density at radius 1 is 1.14 bits per heavy atom. The van der Waals surface area contributed by atoms with Crippen molar-refractivity contribution in [2.75, 3.05) is 5.73 Å². The summed E-state index contributed by atoms with van der Waals surface area (Å²) in [5, 5.41) is 4.02. The summed E-state index contributed by atoms with van der Waals surface area (Å²) in [4.78, 5) is 5.45. The first kappa shape index (κ1) is 13.7. The van der Waals surface area contributed by atoms with Gasteiger partial charge in [-0.2, -0.15) is 4.98 Å². The first-order valence-corrected chi connectivity index (χ1v) is 7.58. The van der Waals surface area contributed by atoms with Crippen LogP contribution >= 0.6 is 11.8 Å². The topological polar surface area (TPSA) is 64.9 Å². The van der Waals surface area contributed by atoms with E-state index in [2.05, 4.69) is 10.1 Å². The highest BCUT2D eigenvalue weighted by Gasteiger charge is 2.09. The number of para-hydroxylation sites is 1. The summed E-state index contributed by atoms with van der Waals surface area (Å²) in [6, 6.07) is 15.8. The van der Waals surface area contributed by atoms with Gasteiger partial charge in [0.25, 0.3) is 5.89 Å². The number of aromatic nitrogens is 2. The Kier molecular flexibility index (Phi) is 3.92. The first-order chi connectivity index (χ1) is 10.2. The Morgan fingerprint density at radius 2 is 2.00 bits per heavy atom. The van der Waals surface area contributed by atoms with E-state index in [1.807, 2.05) is 55.5 Å². The van der Waals surface area contributed by atoms with E-state index in [9.17, 15) is 0 Å². The van der Waals surface area contributed by atoms with E-state index in [1.54, 1.807) is 11.8 Å². The molecule has 2 aromatic carbocycles. The number of benzene rings is 2. The fraction of sp³-hybridized carbons (Fsp3) is 0.125. The van der Waals surface area contributed by atoms with Crippen molar-refractivity contribution in [2.24, 2.45) is 0 Å². The molecule has 1 heterocycles. The maximum atomic E-state index is 5.91. The Morgan fingerprint density at radius 3 is 2.81 bits per heavy atom. The van der Waals surface area contributed by atoms with E-state index in [0.29, 0.717) is 17.5 Å². The number of nitrogens with two attached hydrogens (primary N) is 1. The van der Waals surface area contributed by atoms with Crippen molar-refractivity contribution in [2.45, 2.75) is 17.6 Å². The van der Waals surface area contributed by atoms with Gasteiger partial charge in [-0.3, -0.25) is 0 Å². The highest BCUT2D eigenvalue weighted by molar-refractivity contribution is 7.98. The zero-order valence-corrected chi connectivity index (χ0v) is 12.4. The molecule has 0 spiro atoms. The van der Waals surface area contributed by atoms with Crippen molar-refractivity contribution in [1.82, 2.24) is 10.1 Å². The Balaban J connectivity index is 1.72. The summed E-state index contributed by atoms with van der Waals surface area (Å²) >= 11 is 1.60. The second-order valence-corrected chi connectivity index (χ2v) is 5.73. The summed E-state index contributed by atoms with van der Waals surface area (Å²) in [6.07, 6.45) is 0. The molecule has 0 amide bonds. The van der Waals surface area contributed by atoms with Gasteiger partial charge in [0.05, 0.1) is 5.75 Å². The minimum atomic E-state index is 0.551. The third kappa shape index (κ3) is 3.25. The van der Waals surface area contributed by atoms with Crippen molar-refractivity contribution in [1.29, 1.82) is 0 Å². The van der Waals surface area contributed by atoms with Gasteiger partial charge < -0.3 is 10.3 Å². The molecular formula is C16H15N3OS. The number of aryl methyl sites for hydroxylation is 1. The molecule has 0 saturated heterocycles. The summed E-state index contributed by atoms with van der Waals surface area (Å²) in [5.41, 5.74) is 8.79. The van der Waals surface area contributed by atoms with Crippen LogP contribution < -0.4 is 5.73 Å². The Labute approximate surface area is 127 Å². The van der Waals surface area contributed by atoms with Crippen LogP contribution in [0.15, 0.2) is 57.9 Å². The van der Waals surface area contributed by atoms with Crippen LogP contribution in [0.4, 0.5) is 5.69 Å². The zero-order chi connectivity index (χ0) is 14.7. The summed E-state index contributed by atoms with van der Waals surface area (Å²) in [7, 11) is 0. The molecule has 2 N–H and O–H groups in total. The number of hydrogen-bond donors (Lipinski definition) is 1. The van der Waals surface area contributed by atoms with Crippen LogP contribution in [-0.4, -0.2) is 10.1 Å². The summed E-state index contributed by atoms with van der Waals surface area (Å²) in [6.45, 7) is 2.04. The van der Waals surface area contributed by atoms with Crippen LogP contribution in [0, 0.1) is 6.92 Å². The van der Waals surface area contributed by atoms with E-state index < -0.39 is 0 Å². The summed E-state index contributed by atoms with van der Waals surface area (Å²) in [5.74, 6) is 1.85. The highest BCUT2D eigenvalue weighted by Crippen LogP contribution is 2.27. The number of nitrogen functional groups attached to an aromatic ring is 1. The van der Waals surface area contributed by atoms with Gasteiger partial charge in [0, 0.05) is 16.1 Å². The molecule has 4 nitrogen and oxygen atoms in total. The van der Waals surface area contributed by atoms with Gasteiger partial charge in [0.1, 0.15) is 0 Å². The molecule has 0 bridgehead atoms. The van der Waals surface area contributed by atoms with Crippen LogP contribution in [0.3, 0.4) is 0 Å². The molecule has 5 heteroatoms. The molecule has 1 aromatic heterocycles. The third-order valence-electron chi connectivity index (χ3n) is 3.01. The maximum Gasteiger partial charge on any atom is 0.257 e. The quantitative estimate of drug-likeness (QED) is 0.584. The van der Waals surface area contributed by atoms with E-state index >= 15 is 0 Å². The van der Waals surface area contributed by atoms with Crippen molar-refractivity contribution in [3.8, 4) is 11.5 Å². The van der Waals surface area contributed by atoms with Gasteiger partial charge in [0.2, 0.25) is 0 Å². The first-order valence-electron chi connectivity index (χ1n) is 6.59. The fourth-order valence-electron chi connectivity index (χ4n) is 1.96. The van der Waals surface area contributed by atoms with E-state index in [4.69, 9.17) is 10.3 Å². The van der Waals surface area contributed by atoms with Crippen molar-refractivity contribution < 1.29 is 4.52 Å². The monoisotopic (exact) mass is 297 g/mol. The maximum absolute atomic E-state index is 5.91. The molecule has 106 valence electrons. The van der Waals surface area contributed by atoms with Crippen LogP contribution in [0.5, 0.6) is 0 Å². The van der Waals surface area contributed by atoms with Gasteiger partial charge in [-0.1, -0.05) is 35.0 Å². The standard InChI is InChI=1S/C16H15N3OS/c1-11-5-4-6-12(9-11)16-18-15(19-20-16)10-21-14-8-3-2-7-13(14)17/h2-9H,10,17H2,1H3. The second kappa shape index (κ2) is 6.01. The van der Waals surface area contributed by atoms with Crippen molar-refractivity contribution >= 4 is 17.4 Å². The molecule has 0 saturated carbocycles. The normalized spacial score (nSPS) is 10.7. The lowest BCUT2D eigenvalue weighted by molar-refractivity contribution is 0.425. The second-order valence-electron chi connectivity index (χ2n) is 4.71. The number of hydrogen-bond acceptors (Lipinski definition) is 5. The Bertz CT molecular complexity index is 755. The number of thioether (sulfide) groups is 1. The lowest BCUT2D eigenvalue weighted by atomic mass is 10.1. The average molecular weight is 297 g/mol. The molecular weight excluding hydrogens is 282 g/mol. The van der Waals surface area contributed by atoms with Gasteiger partial charge >= 0.3 is 0 Å². The molecule has 3 rings (SSSR count). The molecule has 0 fully saturated rings. The molecule has 0 aliphatic carbocycles. The minimum Gasteiger partial charge on any atom is -0.398 e.